The minimum absolute atomic E-state index is 0.0899. The summed E-state index contributed by atoms with van der Waals surface area (Å²) in [5.74, 6) is 0. The third-order valence-corrected chi connectivity index (χ3v) is 6.87. The molecule has 27 heavy (non-hydrogen) atoms. The number of hydrogen-bond acceptors (Lipinski definition) is 6. The summed E-state index contributed by atoms with van der Waals surface area (Å²) in [6.07, 6.45) is 4.04. The van der Waals surface area contributed by atoms with E-state index < -0.39 is 10.0 Å². The molecule has 2 aromatic heterocycles. The summed E-state index contributed by atoms with van der Waals surface area (Å²) in [4.78, 5) is 8.34. The summed E-state index contributed by atoms with van der Waals surface area (Å²) < 4.78 is 35.5. The molecular formula is C17H24ClN5O3S. The molecule has 1 unspecified atom stereocenters. The highest BCUT2D eigenvalue weighted by molar-refractivity contribution is 7.89. The van der Waals surface area contributed by atoms with Crippen LogP contribution >= 0.6 is 11.6 Å². The SMILES string of the molecule is Cc1nn(C(C)C)c(C)c1S(=O)(=O)N1CCCC(Oc2ncc(Cl)cn2)C1. The summed E-state index contributed by atoms with van der Waals surface area (Å²) in [7, 11) is -3.66. The van der Waals surface area contributed by atoms with Gasteiger partial charge < -0.3 is 4.74 Å². The zero-order valence-corrected chi connectivity index (χ0v) is 17.5. The fourth-order valence-corrected chi connectivity index (χ4v) is 5.35. The van der Waals surface area contributed by atoms with E-state index >= 15 is 0 Å². The molecule has 1 saturated heterocycles. The van der Waals surface area contributed by atoms with Crippen molar-refractivity contribution in [3.63, 3.8) is 0 Å². The predicted octanol–water partition coefficient (Wildman–Crippen LogP) is 2.76. The molecule has 3 rings (SSSR count). The van der Waals surface area contributed by atoms with Gasteiger partial charge in [-0.2, -0.15) is 9.40 Å². The third-order valence-electron chi connectivity index (χ3n) is 4.56. The van der Waals surface area contributed by atoms with E-state index in [2.05, 4.69) is 15.1 Å². The minimum atomic E-state index is -3.66. The van der Waals surface area contributed by atoms with Gasteiger partial charge in [0, 0.05) is 12.6 Å². The maximum Gasteiger partial charge on any atom is 0.316 e. The summed E-state index contributed by atoms with van der Waals surface area (Å²) in [6.45, 7) is 8.19. The standard InChI is InChI=1S/C17H24ClN5O3S/c1-11(2)23-13(4)16(12(3)21-23)27(24,25)22-7-5-6-15(10-22)26-17-19-8-14(18)9-20-17/h8-9,11,15H,5-7,10H2,1-4H3. The summed E-state index contributed by atoms with van der Waals surface area (Å²) in [5, 5.41) is 4.83. The van der Waals surface area contributed by atoms with Gasteiger partial charge in [0.15, 0.2) is 0 Å². The minimum Gasteiger partial charge on any atom is -0.459 e. The van der Waals surface area contributed by atoms with E-state index in [9.17, 15) is 8.42 Å². The lowest BCUT2D eigenvalue weighted by molar-refractivity contribution is 0.119. The fourth-order valence-electron chi connectivity index (χ4n) is 3.38. The highest BCUT2D eigenvalue weighted by Crippen LogP contribution is 2.28. The van der Waals surface area contributed by atoms with E-state index in [0.29, 0.717) is 34.3 Å². The van der Waals surface area contributed by atoms with Crippen molar-refractivity contribution < 1.29 is 13.2 Å². The number of sulfonamides is 1. The Morgan fingerprint density at radius 1 is 1.26 bits per heavy atom. The largest absolute Gasteiger partial charge is 0.459 e. The van der Waals surface area contributed by atoms with E-state index in [1.54, 1.807) is 18.5 Å². The molecule has 1 aliphatic rings. The van der Waals surface area contributed by atoms with E-state index in [4.69, 9.17) is 16.3 Å². The number of halogens is 1. The molecule has 10 heteroatoms. The monoisotopic (exact) mass is 413 g/mol. The molecule has 0 amide bonds. The van der Waals surface area contributed by atoms with Gasteiger partial charge in [-0.1, -0.05) is 11.6 Å². The van der Waals surface area contributed by atoms with Crippen molar-refractivity contribution >= 4 is 21.6 Å². The summed E-state index contributed by atoms with van der Waals surface area (Å²) >= 11 is 5.78. The number of piperidine rings is 1. The second-order valence-electron chi connectivity index (χ2n) is 6.97. The van der Waals surface area contributed by atoms with Crippen LogP contribution in [0.1, 0.15) is 44.1 Å². The van der Waals surface area contributed by atoms with Crippen LogP contribution in [0, 0.1) is 13.8 Å². The average molecular weight is 414 g/mol. The van der Waals surface area contributed by atoms with E-state index in [1.807, 2.05) is 13.8 Å². The summed E-state index contributed by atoms with van der Waals surface area (Å²) in [6, 6.07) is 0.288. The predicted molar refractivity (Wildman–Crippen MR) is 102 cm³/mol. The Morgan fingerprint density at radius 3 is 2.52 bits per heavy atom. The van der Waals surface area contributed by atoms with Crippen molar-refractivity contribution in [1.29, 1.82) is 0 Å². The Balaban J connectivity index is 1.82. The van der Waals surface area contributed by atoms with Crippen LogP contribution in [-0.4, -0.2) is 51.7 Å². The molecule has 0 spiro atoms. The molecule has 0 aromatic carbocycles. The number of aryl methyl sites for hydroxylation is 1. The van der Waals surface area contributed by atoms with Crippen LogP contribution in [0.2, 0.25) is 5.02 Å². The second kappa shape index (κ2) is 7.73. The first-order valence-electron chi connectivity index (χ1n) is 8.90. The molecule has 3 heterocycles. The Bertz CT molecular complexity index is 911. The molecule has 148 valence electrons. The van der Waals surface area contributed by atoms with Gasteiger partial charge in [0.1, 0.15) is 11.0 Å². The van der Waals surface area contributed by atoms with Crippen LogP contribution in [0.25, 0.3) is 0 Å². The van der Waals surface area contributed by atoms with Crippen molar-refractivity contribution in [2.24, 2.45) is 0 Å². The third kappa shape index (κ3) is 4.09. The van der Waals surface area contributed by atoms with E-state index in [0.717, 1.165) is 6.42 Å². The molecule has 2 aromatic rings. The maximum atomic E-state index is 13.3. The van der Waals surface area contributed by atoms with Gasteiger partial charge in [0.25, 0.3) is 0 Å². The molecule has 1 fully saturated rings. The average Bonchev–Trinajstić information content (AvgIpc) is 2.92. The Kier molecular flexibility index (Phi) is 5.73. The number of rotatable bonds is 5. The molecule has 8 nitrogen and oxygen atoms in total. The van der Waals surface area contributed by atoms with Crippen molar-refractivity contribution in [2.45, 2.75) is 57.6 Å². The zero-order chi connectivity index (χ0) is 19.8. The summed E-state index contributed by atoms with van der Waals surface area (Å²) in [5.41, 5.74) is 1.18. The number of aromatic nitrogens is 4. The van der Waals surface area contributed by atoms with E-state index in [-0.39, 0.29) is 24.7 Å². The van der Waals surface area contributed by atoms with Gasteiger partial charge in [0.2, 0.25) is 10.0 Å². The van der Waals surface area contributed by atoms with Crippen LogP contribution in [-0.2, 0) is 10.0 Å². The Labute approximate surface area is 164 Å². The normalized spacial score (nSPS) is 18.8. The highest BCUT2D eigenvalue weighted by Gasteiger charge is 2.35. The fraction of sp³-hybridized carbons (Fsp3) is 0.588. The van der Waals surface area contributed by atoms with Crippen LogP contribution in [0.3, 0.4) is 0 Å². The van der Waals surface area contributed by atoms with Crippen molar-refractivity contribution in [3.8, 4) is 6.01 Å². The molecule has 0 N–H and O–H groups in total. The van der Waals surface area contributed by atoms with Gasteiger partial charge in [-0.15, -0.1) is 0 Å². The first-order chi connectivity index (χ1) is 12.7. The molecule has 0 bridgehead atoms. The first-order valence-corrected chi connectivity index (χ1v) is 10.7. The maximum absolute atomic E-state index is 13.3. The van der Waals surface area contributed by atoms with Gasteiger partial charge in [-0.25, -0.2) is 18.4 Å². The topological polar surface area (TPSA) is 90.2 Å². The second-order valence-corrected chi connectivity index (χ2v) is 9.28. The van der Waals surface area contributed by atoms with Crippen molar-refractivity contribution in [1.82, 2.24) is 24.1 Å². The lowest BCUT2D eigenvalue weighted by Crippen LogP contribution is -2.44. The zero-order valence-electron chi connectivity index (χ0n) is 15.9. The number of ether oxygens (including phenoxy) is 1. The quantitative estimate of drug-likeness (QED) is 0.748. The number of nitrogens with zero attached hydrogens (tertiary/aromatic N) is 5. The van der Waals surface area contributed by atoms with Crippen LogP contribution in [0.15, 0.2) is 17.3 Å². The Morgan fingerprint density at radius 2 is 1.93 bits per heavy atom. The molecule has 0 aliphatic carbocycles. The number of hydrogen-bond donors (Lipinski definition) is 0. The van der Waals surface area contributed by atoms with Gasteiger partial charge >= 0.3 is 6.01 Å². The molecular weight excluding hydrogens is 390 g/mol. The van der Waals surface area contributed by atoms with E-state index in [1.165, 1.54) is 16.7 Å². The lowest BCUT2D eigenvalue weighted by Gasteiger charge is -2.31. The molecule has 0 saturated carbocycles. The van der Waals surface area contributed by atoms with Gasteiger partial charge in [-0.3, -0.25) is 4.68 Å². The van der Waals surface area contributed by atoms with Crippen LogP contribution in [0.4, 0.5) is 0 Å². The Hall–Kier alpha value is -1.71. The van der Waals surface area contributed by atoms with Crippen molar-refractivity contribution in [3.05, 3.63) is 28.8 Å². The van der Waals surface area contributed by atoms with Crippen LogP contribution in [0.5, 0.6) is 6.01 Å². The van der Waals surface area contributed by atoms with Gasteiger partial charge in [0.05, 0.1) is 35.3 Å². The van der Waals surface area contributed by atoms with Crippen LogP contribution < -0.4 is 4.74 Å². The lowest BCUT2D eigenvalue weighted by atomic mass is 10.1. The molecule has 1 aliphatic heterocycles. The molecule has 1 atom stereocenters. The highest BCUT2D eigenvalue weighted by atomic mass is 35.5. The first kappa shape index (κ1) is 20.0. The van der Waals surface area contributed by atoms with Crippen molar-refractivity contribution in [2.75, 3.05) is 13.1 Å². The van der Waals surface area contributed by atoms with Gasteiger partial charge in [-0.05, 0) is 40.5 Å². The molecule has 0 radical (unpaired) electrons. The smallest absolute Gasteiger partial charge is 0.316 e.